The fourth-order valence-electron chi connectivity index (χ4n) is 2.95. The van der Waals surface area contributed by atoms with Crippen LogP contribution in [0.4, 0.5) is 5.69 Å². The van der Waals surface area contributed by atoms with Crippen LogP contribution in [0.5, 0.6) is 0 Å². The molecule has 0 fully saturated rings. The van der Waals surface area contributed by atoms with E-state index in [4.69, 9.17) is 5.73 Å². The van der Waals surface area contributed by atoms with Gasteiger partial charge in [0.2, 0.25) is 11.8 Å². The summed E-state index contributed by atoms with van der Waals surface area (Å²) in [7, 11) is 0. The summed E-state index contributed by atoms with van der Waals surface area (Å²) in [5, 5.41) is 6.01. The number of benzene rings is 2. The van der Waals surface area contributed by atoms with Gasteiger partial charge in [0, 0.05) is 5.69 Å². The Morgan fingerprint density at radius 2 is 1.54 bits per heavy atom. The zero-order valence-electron chi connectivity index (χ0n) is 15.6. The molecule has 5 heteroatoms. The maximum Gasteiger partial charge on any atom is 0.242 e. The molecule has 0 saturated heterocycles. The molecule has 0 aromatic heterocycles. The number of hydrogen-bond donors (Lipinski definition) is 3. The zero-order valence-corrected chi connectivity index (χ0v) is 15.6. The van der Waals surface area contributed by atoms with E-state index in [1.807, 2.05) is 48.5 Å². The average Bonchev–Trinajstić information content (AvgIpc) is 2.66. The minimum Gasteiger partial charge on any atom is -0.368 e. The Hall–Kier alpha value is -2.66. The van der Waals surface area contributed by atoms with Crippen LogP contribution in [0.2, 0.25) is 0 Å². The summed E-state index contributed by atoms with van der Waals surface area (Å²) < 4.78 is 0. The summed E-state index contributed by atoms with van der Waals surface area (Å²) in [5.74, 6) is -0.733. The lowest BCUT2D eigenvalue weighted by Gasteiger charge is -2.28. The lowest BCUT2D eigenvalue weighted by molar-refractivity contribution is -0.124. The van der Waals surface area contributed by atoms with Crippen LogP contribution in [-0.4, -0.2) is 18.4 Å². The van der Waals surface area contributed by atoms with Crippen LogP contribution in [0.25, 0.3) is 0 Å². The first-order valence-electron chi connectivity index (χ1n) is 8.93. The number of anilines is 1. The van der Waals surface area contributed by atoms with Gasteiger partial charge in [0.15, 0.2) is 0 Å². The molecule has 2 amide bonds. The van der Waals surface area contributed by atoms with Crippen molar-refractivity contribution >= 4 is 17.5 Å². The Bertz CT molecular complexity index is 752. The Balaban J connectivity index is 2.14. The van der Waals surface area contributed by atoms with E-state index in [2.05, 4.69) is 24.5 Å². The molecule has 2 aromatic rings. The standard InChI is InChI=1S/C21H27N3O2/c1-4-15-10-9-11-16(5-2)19(15)24-18(25)14-23-21(3,20(22)26)17-12-7-6-8-13-17/h6-13,23H,4-5,14H2,1-3H3,(H2,22,26)(H,24,25)/t21-/m1/s1. The first-order valence-corrected chi connectivity index (χ1v) is 8.93. The average molecular weight is 353 g/mol. The van der Waals surface area contributed by atoms with Crippen LogP contribution >= 0.6 is 0 Å². The van der Waals surface area contributed by atoms with Crippen molar-refractivity contribution in [3.8, 4) is 0 Å². The minimum atomic E-state index is -1.11. The number of para-hydroxylation sites is 1. The summed E-state index contributed by atoms with van der Waals surface area (Å²) in [4.78, 5) is 24.5. The van der Waals surface area contributed by atoms with Gasteiger partial charge in [-0.25, -0.2) is 0 Å². The summed E-state index contributed by atoms with van der Waals surface area (Å²) >= 11 is 0. The van der Waals surface area contributed by atoms with Gasteiger partial charge >= 0.3 is 0 Å². The van der Waals surface area contributed by atoms with Crippen LogP contribution in [0.1, 0.15) is 37.5 Å². The van der Waals surface area contributed by atoms with Crippen molar-refractivity contribution in [1.29, 1.82) is 0 Å². The topological polar surface area (TPSA) is 84.2 Å². The summed E-state index contributed by atoms with van der Waals surface area (Å²) in [6.45, 7) is 5.79. The lowest BCUT2D eigenvalue weighted by Crippen LogP contribution is -2.52. The van der Waals surface area contributed by atoms with Crippen molar-refractivity contribution in [2.75, 3.05) is 11.9 Å². The fraction of sp³-hybridized carbons (Fsp3) is 0.333. The van der Waals surface area contributed by atoms with Gasteiger partial charge in [0.25, 0.3) is 0 Å². The SMILES string of the molecule is CCc1cccc(CC)c1NC(=O)CN[C@@](C)(C(N)=O)c1ccccc1. The fourth-order valence-corrected chi connectivity index (χ4v) is 2.95. The molecule has 0 bridgehead atoms. The molecule has 1 atom stereocenters. The first kappa shape index (κ1) is 19.7. The Morgan fingerprint density at radius 3 is 2.04 bits per heavy atom. The van der Waals surface area contributed by atoms with Gasteiger partial charge in [-0.3, -0.25) is 14.9 Å². The van der Waals surface area contributed by atoms with Crippen molar-refractivity contribution in [3.63, 3.8) is 0 Å². The van der Waals surface area contributed by atoms with E-state index in [1.165, 1.54) is 0 Å². The molecular weight excluding hydrogens is 326 g/mol. The largest absolute Gasteiger partial charge is 0.368 e. The van der Waals surface area contributed by atoms with Gasteiger partial charge in [-0.1, -0.05) is 62.4 Å². The maximum atomic E-state index is 12.5. The molecule has 4 N–H and O–H groups in total. The van der Waals surface area contributed by atoms with Crippen LogP contribution in [-0.2, 0) is 28.0 Å². The molecule has 0 heterocycles. The van der Waals surface area contributed by atoms with Gasteiger partial charge in [0.05, 0.1) is 6.54 Å². The number of hydrogen-bond acceptors (Lipinski definition) is 3. The zero-order chi connectivity index (χ0) is 19.2. The molecule has 0 spiro atoms. The number of primary amides is 1. The van der Waals surface area contributed by atoms with Crippen molar-refractivity contribution in [2.45, 2.75) is 39.2 Å². The quantitative estimate of drug-likeness (QED) is 0.682. The molecule has 0 radical (unpaired) electrons. The molecule has 0 aliphatic rings. The highest BCUT2D eigenvalue weighted by atomic mass is 16.2. The third-order valence-electron chi connectivity index (χ3n) is 4.71. The molecule has 0 unspecified atom stereocenters. The minimum absolute atomic E-state index is 0.0183. The van der Waals surface area contributed by atoms with Crippen LogP contribution in [0, 0.1) is 0 Å². The molecule has 0 aliphatic heterocycles. The lowest BCUT2D eigenvalue weighted by atomic mass is 9.91. The third-order valence-corrected chi connectivity index (χ3v) is 4.71. The molecule has 138 valence electrons. The molecule has 0 aliphatic carbocycles. The number of rotatable bonds is 8. The molecule has 26 heavy (non-hydrogen) atoms. The number of carbonyl (C=O) groups is 2. The second kappa shape index (κ2) is 8.63. The number of amides is 2. The van der Waals surface area contributed by atoms with E-state index in [1.54, 1.807) is 6.92 Å². The number of nitrogens with one attached hydrogen (secondary N) is 2. The van der Waals surface area contributed by atoms with E-state index in [-0.39, 0.29) is 12.5 Å². The van der Waals surface area contributed by atoms with E-state index >= 15 is 0 Å². The molecule has 0 saturated carbocycles. The predicted octanol–water partition coefficient (Wildman–Crippen LogP) is 2.74. The summed E-state index contributed by atoms with van der Waals surface area (Å²) in [5.41, 5.74) is 8.27. The van der Waals surface area contributed by atoms with Gasteiger partial charge in [-0.2, -0.15) is 0 Å². The normalized spacial score (nSPS) is 13.0. The van der Waals surface area contributed by atoms with Crippen molar-refractivity contribution in [3.05, 3.63) is 65.2 Å². The van der Waals surface area contributed by atoms with Crippen molar-refractivity contribution < 1.29 is 9.59 Å². The van der Waals surface area contributed by atoms with E-state index in [9.17, 15) is 9.59 Å². The van der Waals surface area contributed by atoms with E-state index in [0.717, 1.165) is 35.2 Å². The summed E-state index contributed by atoms with van der Waals surface area (Å²) in [6.07, 6.45) is 1.67. The number of carbonyl (C=O) groups excluding carboxylic acids is 2. The van der Waals surface area contributed by atoms with Crippen molar-refractivity contribution in [2.24, 2.45) is 5.73 Å². The van der Waals surface area contributed by atoms with Crippen molar-refractivity contribution in [1.82, 2.24) is 5.32 Å². The molecule has 2 aromatic carbocycles. The Morgan fingerprint density at radius 1 is 0.962 bits per heavy atom. The van der Waals surface area contributed by atoms with Crippen LogP contribution in [0.3, 0.4) is 0 Å². The highest BCUT2D eigenvalue weighted by Gasteiger charge is 2.33. The monoisotopic (exact) mass is 353 g/mol. The highest BCUT2D eigenvalue weighted by Crippen LogP contribution is 2.23. The second-order valence-electron chi connectivity index (χ2n) is 6.42. The Labute approximate surface area is 155 Å². The van der Waals surface area contributed by atoms with E-state index in [0.29, 0.717) is 0 Å². The smallest absolute Gasteiger partial charge is 0.242 e. The Kier molecular flexibility index (Phi) is 6.52. The van der Waals surface area contributed by atoms with Gasteiger partial charge in [-0.05, 0) is 36.5 Å². The summed E-state index contributed by atoms with van der Waals surface area (Å²) in [6, 6.07) is 15.2. The maximum absolute atomic E-state index is 12.5. The molecule has 2 rings (SSSR count). The first-order chi connectivity index (χ1) is 12.4. The van der Waals surface area contributed by atoms with Gasteiger partial charge in [0.1, 0.15) is 5.54 Å². The second-order valence-corrected chi connectivity index (χ2v) is 6.42. The van der Waals surface area contributed by atoms with Crippen LogP contribution in [0.15, 0.2) is 48.5 Å². The third kappa shape index (κ3) is 4.29. The number of aryl methyl sites for hydroxylation is 2. The predicted molar refractivity (Wildman–Crippen MR) is 105 cm³/mol. The van der Waals surface area contributed by atoms with Gasteiger partial charge in [-0.15, -0.1) is 0 Å². The van der Waals surface area contributed by atoms with Gasteiger partial charge < -0.3 is 11.1 Å². The molecule has 5 nitrogen and oxygen atoms in total. The number of nitrogens with two attached hydrogens (primary N) is 1. The molecular formula is C21H27N3O2. The van der Waals surface area contributed by atoms with E-state index < -0.39 is 11.4 Å². The highest BCUT2D eigenvalue weighted by molar-refractivity contribution is 5.95. The van der Waals surface area contributed by atoms with Crippen LogP contribution < -0.4 is 16.4 Å².